The molecule has 1 heterocycles. The molecule has 0 radical (unpaired) electrons. The maximum absolute atomic E-state index is 12.2. The number of rotatable bonds is 4. The van der Waals surface area contributed by atoms with Crippen molar-refractivity contribution in [2.45, 2.75) is 40.5 Å². The van der Waals surface area contributed by atoms with E-state index in [0.717, 1.165) is 12.0 Å². The molecule has 3 heteroatoms. The van der Waals surface area contributed by atoms with Gasteiger partial charge in [0.15, 0.2) is 0 Å². The number of carbonyl (C=O) groups excluding carboxylic acids is 1. The largest absolute Gasteiger partial charge is 0.299 e. The highest BCUT2D eigenvalue weighted by molar-refractivity contribution is 5.86. The van der Waals surface area contributed by atoms with Gasteiger partial charge in [-0.15, -0.1) is 0 Å². The number of Topliss-reactive ketones (excluding diaryl/α,β-unsaturated/α-hetero) is 1. The van der Waals surface area contributed by atoms with Gasteiger partial charge in [0, 0.05) is 25.6 Å². The second kappa shape index (κ2) is 3.69. The van der Waals surface area contributed by atoms with Crippen molar-refractivity contribution < 1.29 is 4.79 Å². The van der Waals surface area contributed by atoms with E-state index in [9.17, 15) is 4.79 Å². The maximum atomic E-state index is 12.2. The summed E-state index contributed by atoms with van der Waals surface area (Å²) in [5.41, 5.74) is 1.48. The molecule has 0 bridgehead atoms. The number of hydrogen-bond acceptors (Lipinski definition) is 2. The molecule has 1 aromatic heterocycles. The Hall–Kier alpha value is -1.12. The van der Waals surface area contributed by atoms with E-state index in [-0.39, 0.29) is 16.7 Å². The van der Waals surface area contributed by atoms with Gasteiger partial charge in [0.1, 0.15) is 5.78 Å². The number of hydrogen-bond donors (Lipinski definition) is 0. The van der Waals surface area contributed by atoms with Gasteiger partial charge in [0.05, 0.1) is 6.20 Å². The first-order valence-electron chi connectivity index (χ1n) is 6.27. The summed E-state index contributed by atoms with van der Waals surface area (Å²) in [5, 5.41) is 4.12. The van der Waals surface area contributed by atoms with E-state index in [2.05, 4.69) is 32.8 Å². The van der Waals surface area contributed by atoms with Gasteiger partial charge in [-0.1, -0.05) is 27.7 Å². The second-order valence-corrected chi connectivity index (χ2v) is 6.36. The first-order valence-corrected chi connectivity index (χ1v) is 6.27. The summed E-state index contributed by atoms with van der Waals surface area (Å²) in [7, 11) is 1.90. The minimum Gasteiger partial charge on any atom is -0.299 e. The molecular weight excluding hydrogens is 212 g/mol. The molecule has 0 atom stereocenters. The summed E-state index contributed by atoms with van der Waals surface area (Å²) >= 11 is 0. The van der Waals surface area contributed by atoms with Gasteiger partial charge >= 0.3 is 0 Å². The zero-order valence-corrected chi connectivity index (χ0v) is 11.4. The average Bonchev–Trinajstić information content (AvgIpc) is 2.54. The summed E-state index contributed by atoms with van der Waals surface area (Å²) in [5.74, 6) is 0.635. The zero-order valence-electron chi connectivity index (χ0n) is 11.4. The summed E-state index contributed by atoms with van der Waals surface area (Å²) in [6, 6.07) is 0. The van der Waals surface area contributed by atoms with Crippen LogP contribution in [-0.2, 0) is 18.3 Å². The van der Waals surface area contributed by atoms with E-state index in [1.165, 1.54) is 0 Å². The highest BCUT2D eigenvalue weighted by Crippen LogP contribution is 2.68. The van der Waals surface area contributed by atoms with Crippen molar-refractivity contribution >= 4 is 5.78 Å². The van der Waals surface area contributed by atoms with Crippen molar-refractivity contribution in [3.05, 3.63) is 18.0 Å². The van der Waals surface area contributed by atoms with Gasteiger partial charge in [-0.2, -0.15) is 5.10 Å². The predicted octanol–water partition coefficient (Wildman–Crippen LogP) is 2.60. The van der Waals surface area contributed by atoms with E-state index in [1.54, 1.807) is 4.68 Å². The van der Waals surface area contributed by atoms with Gasteiger partial charge in [0.2, 0.25) is 0 Å². The molecule has 0 amide bonds. The van der Waals surface area contributed by atoms with Crippen LogP contribution >= 0.6 is 0 Å². The van der Waals surface area contributed by atoms with Crippen molar-refractivity contribution in [1.29, 1.82) is 0 Å². The third kappa shape index (κ3) is 1.92. The van der Waals surface area contributed by atoms with Crippen LogP contribution in [0.25, 0.3) is 0 Å². The molecule has 3 nitrogen and oxygen atoms in total. The third-order valence-corrected chi connectivity index (χ3v) is 4.76. The van der Waals surface area contributed by atoms with Crippen LogP contribution in [0.2, 0.25) is 0 Å². The van der Waals surface area contributed by atoms with E-state index in [1.807, 2.05) is 19.4 Å². The molecule has 94 valence electrons. The quantitative estimate of drug-likeness (QED) is 0.802. The zero-order chi connectivity index (χ0) is 12.8. The fraction of sp³-hybridized carbons (Fsp3) is 0.714. The van der Waals surface area contributed by atoms with Gasteiger partial charge in [-0.05, 0) is 22.8 Å². The minimum atomic E-state index is 0.166. The van der Waals surface area contributed by atoms with Gasteiger partial charge in [0.25, 0.3) is 0 Å². The molecule has 1 saturated carbocycles. The van der Waals surface area contributed by atoms with E-state index < -0.39 is 0 Å². The number of carbonyl (C=O) groups is 1. The highest BCUT2D eigenvalue weighted by Gasteiger charge is 2.67. The minimum absolute atomic E-state index is 0.166. The lowest BCUT2D eigenvalue weighted by Gasteiger charge is -2.03. The SMILES string of the molecule is Cn1cc(CCC(=O)C2C(C)(C)C2(C)C)cn1. The second-order valence-electron chi connectivity index (χ2n) is 6.36. The van der Waals surface area contributed by atoms with Crippen LogP contribution < -0.4 is 0 Å². The molecule has 0 unspecified atom stereocenters. The molecule has 1 aliphatic rings. The normalized spacial score (nSPS) is 21.5. The van der Waals surface area contributed by atoms with Gasteiger partial charge < -0.3 is 0 Å². The van der Waals surface area contributed by atoms with Crippen LogP contribution in [0.15, 0.2) is 12.4 Å². The lowest BCUT2D eigenvalue weighted by molar-refractivity contribution is -0.121. The first kappa shape index (κ1) is 12.3. The number of aromatic nitrogens is 2. The highest BCUT2D eigenvalue weighted by atomic mass is 16.1. The number of ketones is 1. The smallest absolute Gasteiger partial charge is 0.137 e. The lowest BCUT2D eigenvalue weighted by Crippen LogP contribution is -2.07. The Morgan fingerprint density at radius 2 is 1.94 bits per heavy atom. The van der Waals surface area contributed by atoms with E-state index >= 15 is 0 Å². The van der Waals surface area contributed by atoms with Crippen LogP contribution in [0.5, 0.6) is 0 Å². The van der Waals surface area contributed by atoms with E-state index in [4.69, 9.17) is 0 Å². The summed E-state index contributed by atoms with van der Waals surface area (Å²) < 4.78 is 1.78. The molecule has 1 fully saturated rings. The Morgan fingerprint density at radius 3 is 2.35 bits per heavy atom. The van der Waals surface area contributed by atoms with Crippen molar-refractivity contribution in [1.82, 2.24) is 9.78 Å². The molecule has 0 aliphatic heterocycles. The van der Waals surface area contributed by atoms with Crippen LogP contribution in [0.4, 0.5) is 0 Å². The summed E-state index contributed by atoms with van der Waals surface area (Å²) in [4.78, 5) is 12.2. The van der Waals surface area contributed by atoms with Crippen molar-refractivity contribution in [3.8, 4) is 0 Å². The topological polar surface area (TPSA) is 34.9 Å². The molecule has 1 aliphatic carbocycles. The Morgan fingerprint density at radius 1 is 1.35 bits per heavy atom. The maximum Gasteiger partial charge on any atom is 0.137 e. The third-order valence-electron chi connectivity index (χ3n) is 4.76. The van der Waals surface area contributed by atoms with Gasteiger partial charge in [-0.25, -0.2) is 0 Å². The molecule has 0 N–H and O–H groups in total. The molecular formula is C14H22N2O. The van der Waals surface area contributed by atoms with Crippen LogP contribution in [-0.4, -0.2) is 15.6 Å². The monoisotopic (exact) mass is 234 g/mol. The molecule has 1 aromatic rings. The average molecular weight is 234 g/mol. The first-order chi connectivity index (χ1) is 7.76. The molecule has 2 rings (SSSR count). The van der Waals surface area contributed by atoms with E-state index in [0.29, 0.717) is 12.2 Å². The Kier molecular flexibility index (Phi) is 2.68. The molecule has 0 spiro atoms. The van der Waals surface area contributed by atoms with Crippen LogP contribution in [0, 0.1) is 16.7 Å². The van der Waals surface area contributed by atoms with Gasteiger partial charge in [-0.3, -0.25) is 9.48 Å². The Bertz CT molecular complexity index is 429. The summed E-state index contributed by atoms with van der Waals surface area (Å²) in [6.07, 6.45) is 5.28. The van der Waals surface area contributed by atoms with Crippen molar-refractivity contribution in [3.63, 3.8) is 0 Å². The molecule has 17 heavy (non-hydrogen) atoms. The summed E-state index contributed by atoms with van der Waals surface area (Å²) in [6.45, 7) is 8.78. The number of nitrogens with zero attached hydrogens (tertiary/aromatic N) is 2. The van der Waals surface area contributed by atoms with Crippen molar-refractivity contribution in [2.24, 2.45) is 23.8 Å². The molecule has 0 aromatic carbocycles. The molecule has 0 saturated heterocycles. The number of aryl methyl sites for hydroxylation is 2. The van der Waals surface area contributed by atoms with Crippen molar-refractivity contribution in [2.75, 3.05) is 0 Å². The Labute approximate surface area is 103 Å². The van der Waals surface area contributed by atoms with Crippen LogP contribution in [0.3, 0.4) is 0 Å². The fourth-order valence-corrected chi connectivity index (χ4v) is 3.01. The predicted molar refractivity (Wildman–Crippen MR) is 67.6 cm³/mol. The fourth-order valence-electron chi connectivity index (χ4n) is 3.01. The lowest BCUT2D eigenvalue weighted by atomic mass is 10.0. The van der Waals surface area contributed by atoms with Crippen LogP contribution in [0.1, 0.15) is 39.7 Å². The Balaban J connectivity index is 1.92. The standard InChI is InChI=1S/C14H22N2O/c1-13(2)12(14(13,3)4)11(17)7-6-10-8-15-16(5)9-10/h8-9,12H,6-7H2,1-5H3.